The highest BCUT2D eigenvalue weighted by Gasteiger charge is 2.30. The predicted molar refractivity (Wildman–Crippen MR) is 83.2 cm³/mol. The van der Waals surface area contributed by atoms with Crippen LogP contribution in [-0.4, -0.2) is 35.0 Å². The van der Waals surface area contributed by atoms with Gasteiger partial charge in [0.25, 0.3) is 0 Å². The number of ether oxygens (including phenoxy) is 1. The van der Waals surface area contributed by atoms with Crippen molar-refractivity contribution in [3.8, 4) is 5.75 Å². The third-order valence-corrected chi connectivity index (χ3v) is 3.82. The van der Waals surface area contributed by atoms with Crippen LogP contribution in [0.5, 0.6) is 5.75 Å². The van der Waals surface area contributed by atoms with Crippen molar-refractivity contribution in [2.24, 2.45) is 5.73 Å². The number of benzene rings is 1. The smallest absolute Gasteiger partial charge is 0.244 e. The van der Waals surface area contributed by atoms with Crippen LogP contribution in [0.1, 0.15) is 18.0 Å². The average Bonchev–Trinajstić information content (AvgIpc) is 3.04. The van der Waals surface area contributed by atoms with Crippen LogP contribution in [0.25, 0.3) is 0 Å². The van der Waals surface area contributed by atoms with Gasteiger partial charge in [-0.3, -0.25) is 9.78 Å². The molecule has 0 radical (unpaired) electrons. The number of pyridine rings is 1. The maximum Gasteiger partial charge on any atom is 0.244 e. The molecule has 5 nitrogen and oxygen atoms in total. The highest BCUT2D eigenvalue weighted by atomic mass is 16.5. The van der Waals surface area contributed by atoms with Gasteiger partial charge in [0.05, 0.1) is 12.7 Å². The molecule has 1 fully saturated rings. The van der Waals surface area contributed by atoms with Gasteiger partial charge in [-0.15, -0.1) is 0 Å². The van der Waals surface area contributed by atoms with E-state index in [9.17, 15) is 4.79 Å². The van der Waals surface area contributed by atoms with Crippen LogP contribution in [0.15, 0.2) is 54.9 Å². The van der Waals surface area contributed by atoms with Crippen LogP contribution in [0, 0.1) is 0 Å². The van der Waals surface area contributed by atoms with Crippen LogP contribution >= 0.6 is 0 Å². The van der Waals surface area contributed by atoms with Gasteiger partial charge < -0.3 is 15.4 Å². The lowest BCUT2D eigenvalue weighted by molar-refractivity contribution is -0.131. The first-order chi connectivity index (χ1) is 10.7. The zero-order valence-electron chi connectivity index (χ0n) is 12.3. The minimum absolute atomic E-state index is 0.00359. The summed E-state index contributed by atoms with van der Waals surface area (Å²) in [7, 11) is 0. The molecule has 3 rings (SSSR count). The number of hydrogen-bond acceptors (Lipinski definition) is 4. The molecule has 1 amide bonds. The standard InChI is InChI=1S/C17H19N3O2/c18-16(13-5-2-1-3-6-13)17(21)20-10-8-15(12-20)22-14-7-4-9-19-11-14/h1-7,9,11,15-16H,8,10,12,18H2/t15-,16-/m1/s1. The molecule has 1 aliphatic rings. The van der Waals surface area contributed by atoms with E-state index in [2.05, 4.69) is 4.98 Å². The fourth-order valence-electron chi connectivity index (χ4n) is 2.63. The topological polar surface area (TPSA) is 68.5 Å². The van der Waals surface area contributed by atoms with E-state index in [4.69, 9.17) is 10.5 Å². The second-order valence-corrected chi connectivity index (χ2v) is 5.39. The number of hydrogen-bond donors (Lipinski definition) is 1. The fourth-order valence-corrected chi connectivity index (χ4v) is 2.63. The number of carbonyl (C=O) groups is 1. The normalized spacial score (nSPS) is 19.0. The molecule has 1 saturated heterocycles. The van der Waals surface area contributed by atoms with E-state index in [1.54, 1.807) is 17.3 Å². The molecule has 2 aromatic rings. The Morgan fingerprint density at radius 1 is 1.27 bits per heavy atom. The molecule has 5 heteroatoms. The molecule has 0 aliphatic carbocycles. The Labute approximate surface area is 129 Å². The van der Waals surface area contributed by atoms with Crippen LogP contribution in [-0.2, 0) is 4.79 Å². The van der Waals surface area contributed by atoms with Gasteiger partial charge in [-0.05, 0) is 17.7 Å². The molecule has 1 aromatic heterocycles. The second-order valence-electron chi connectivity index (χ2n) is 5.39. The van der Waals surface area contributed by atoms with E-state index >= 15 is 0 Å². The highest BCUT2D eigenvalue weighted by Crippen LogP contribution is 2.20. The van der Waals surface area contributed by atoms with Gasteiger partial charge in [0, 0.05) is 19.2 Å². The van der Waals surface area contributed by atoms with Gasteiger partial charge in [0.1, 0.15) is 17.9 Å². The van der Waals surface area contributed by atoms with E-state index in [0.717, 1.165) is 17.7 Å². The number of carbonyl (C=O) groups excluding carboxylic acids is 1. The second kappa shape index (κ2) is 6.58. The third kappa shape index (κ3) is 3.26. The number of aromatic nitrogens is 1. The Hall–Kier alpha value is -2.40. The molecule has 114 valence electrons. The Morgan fingerprint density at radius 3 is 2.82 bits per heavy atom. The van der Waals surface area contributed by atoms with Gasteiger partial charge in [-0.25, -0.2) is 0 Å². The molecule has 2 atom stereocenters. The maximum atomic E-state index is 12.5. The van der Waals surface area contributed by atoms with E-state index in [0.29, 0.717) is 13.1 Å². The molecule has 22 heavy (non-hydrogen) atoms. The highest BCUT2D eigenvalue weighted by molar-refractivity contribution is 5.83. The Kier molecular flexibility index (Phi) is 4.34. The van der Waals surface area contributed by atoms with E-state index in [1.165, 1.54) is 0 Å². The number of likely N-dealkylation sites (tertiary alicyclic amines) is 1. The minimum Gasteiger partial charge on any atom is -0.487 e. The van der Waals surface area contributed by atoms with Gasteiger partial charge >= 0.3 is 0 Å². The Bertz CT molecular complexity index is 618. The number of amides is 1. The summed E-state index contributed by atoms with van der Waals surface area (Å²) in [5, 5.41) is 0. The lowest BCUT2D eigenvalue weighted by Crippen LogP contribution is -2.38. The number of nitrogens with zero attached hydrogens (tertiary/aromatic N) is 2. The molecule has 2 heterocycles. The molecule has 0 unspecified atom stereocenters. The summed E-state index contributed by atoms with van der Waals surface area (Å²) in [5.41, 5.74) is 6.91. The first kappa shape index (κ1) is 14.5. The number of nitrogens with two attached hydrogens (primary N) is 1. The van der Waals surface area contributed by atoms with Gasteiger partial charge in [-0.1, -0.05) is 30.3 Å². The molecular weight excluding hydrogens is 278 g/mol. The van der Waals surface area contributed by atoms with E-state index in [1.807, 2.05) is 42.5 Å². The Morgan fingerprint density at radius 2 is 2.09 bits per heavy atom. The van der Waals surface area contributed by atoms with Crippen molar-refractivity contribution in [2.45, 2.75) is 18.6 Å². The van der Waals surface area contributed by atoms with Crippen molar-refractivity contribution in [1.82, 2.24) is 9.88 Å². The minimum atomic E-state index is -0.613. The summed E-state index contributed by atoms with van der Waals surface area (Å²) in [6, 6.07) is 12.5. The van der Waals surface area contributed by atoms with E-state index in [-0.39, 0.29) is 12.0 Å². The summed E-state index contributed by atoms with van der Waals surface area (Å²) in [6.07, 6.45) is 4.19. The van der Waals surface area contributed by atoms with Crippen molar-refractivity contribution in [2.75, 3.05) is 13.1 Å². The molecular formula is C17H19N3O2. The van der Waals surface area contributed by atoms with Crippen molar-refractivity contribution >= 4 is 5.91 Å². The van der Waals surface area contributed by atoms with E-state index < -0.39 is 6.04 Å². The monoisotopic (exact) mass is 297 g/mol. The summed E-state index contributed by atoms with van der Waals surface area (Å²) in [4.78, 5) is 18.3. The molecule has 0 spiro atoms. The van der Waals surface area contributed by atoms with Crippen LogP contribution in [0.4, 0.5) is 0 Å². The third-order valence-electron chi connectivity index (χ3n) is 3.82. The maximum absolute atomic E-state index is 12.5. The van der Waals surface area contributed by atoms with Crippen molar-refractivity contribution in [1.29, 1.82) is 0 Å². The number of rotatable bonds is 4. The summed E-state index contributed by atoms with van der Waals surface area (Å²) in [5.74, 6) is 0.678. The average molecular weight is 297 g/mol. The van der Waals surface area contributed by atoms with Crippen molar-refractivity contribution in [3.05, 3.63) is 60.4 Å². The largest absolute Gasteiger partial charge is 0.487 e. The van der Waals surface area contributed by atoms with Crippen molar-refractivity contribution < 1.29 is 9.53 Å². The van der Waals surface area contributed by atoms with Crippen LogP contribution < -0.4 is 10.5 Å². The summed E-state index contributed by atoms with van der Waals surface area (Å²) in [6.45, 7) is 1.23. The molecule has 0 saturated carbocycles. The summed E-state index contributed by atoms with van der Waals surface area (Å²) < 4.78 is 5.84. The lowest BCUT2D eigenvalue weighted by atomic mass is 10.1. The molecule has 2 N–H and O–H groups in total. The van der Waals surface area contributed by atoms with Crippen LogP contribution in [0.3, 0.4) is 0 Å². The molecule has 0 bridgehead atoms. The Balaban J connectivity index is 1.59. The van der Waals surface area contributed by atoms with Gasteiger partial charge in [0.15, 0.2) is 0 Å². The lowest BCUT2D eigenvalue weighted by Gasteiger charge is -2.21. The van der Waals surface area contributed by atoms with Gasteiger partial charge in [0.2, 0.25) is 5.91 Å². The van der Waals surface area contributed by atoms with Crippen LogP contribution in [0.2, 0.25) is 0 Å². The summed E-state index contributed by atoms with van der Waals surface area (Å²) >= 11 is 0. The van der Waals surface area contributed by atoms with Gasteiger partial charge in [-0.2, -0.15) is 0 Å². The first-order valence-electron chi connectivity index (χ1n) is 7.40. The first-order valence-corrected chi connectivity index (χ1v) is 7.40. The SMILES string of the molecule is N[C@@H](C(=O)N1CC[C@@H](Oc2cccnc2)C1)c1ccccc1. The molecule has 1 aromatic carbocycles. The quantitative estimate of drug-likeness (QED) is 0.933. The zero-order valence-corrected chi connectivity index (χ0v) is 12.3. The fraction of sp³-hybridized carbons (Fsp3) is 0.294. The predicted octanol–water partition coefficient (Wildman–Crippen LogP) is 1.76. The molecule has 1 aliphatic heterocycles. The van der Waals surface area contributed by atoms with Crippen molar-refractivity contribution in [3.63, 3.8) is 0 Å². The zero-order chi connectivity index (χ0) is 15.4.